The number of rotatable bonds is 2. The number of aliphatic hydroxyl groups is 2. The van der Waals surface area contributed by atoms with Crippen LogP contribution < -0.4 is 0 Å². The Morgan fingerprint density at radius 3 is 2.60 bits per heavy atom. The van der Waals surface area contributed by atoms with Crippen molar-refractivity contribution in [3.05, 3.63) is 23.8 Å². The standard InChI is InChI=1S/C22H27F3O4S/c1-11-6-13-14-8-16(24)15-7-12(26)4-5-19(15,2)21(14,25)17(27)9-20(13,3)22(11,29)18(28)30-10-23/h4-5,7,11,13-14,16-17,27,29H,6,8-10H2,1-3H3/t11-,13?,14?,16+,17+,19+,20+,21+,22+/m1/s1. The molecule has 4 nitrogen and oxygen atoms in total. The molecule has 0 radical (unpaired) electrons. The molecule has 2 unspecified atom stereocenters. The predicted octanol–water partition coefficient (Wildman–Crippen LogP) is 3.47. The number of carbonyl (C=O) groups excluding carboxylic acids is 2. The Bertz CT molecular complexity index is 861. The number of carbonyl (C=O) groups is 2. The summed E-state index contributed by atoms with van der Waals surface area (Å²) >= 11 is 0.371. The van der Waals surface area contributed by atoms with Gasteiger partial charge in [0, 0.05) is 16.7 Å². The number of hydrogen-bond acceptors (Lipinski definition) is 5. The van der Waals surface area contributed by atoms with Crippen LogP contribution in [0.2, 0.25) is 0 Å². The molecule has 2 N–H and O–H groups in total. The van der Waals surface area contributed by atoms with Crippen LogP contribution in [-0.2, 0) is 9.59 Å². The van der Waals surface area contributed by atoms with Gasteiger partial charge in [-0.15, -0.1) is 0 Å². The highest BCUT2D eigenvalue weighted by molar-refractivity contribution is 8.13. The third-order valence-corrected chi connectivity index (χ3v) is 9.39. The van der Waals surface area contributed by atoms with Crippen LogP contribution in [0, 0.1) is 28.6 Å². The highest BCUT2D eigenvalue weighted by Gasteiger charge is 2.76. The van der Waals surface area contributed by atoms with Crippen LogP contribution >= 0.6 is 11.8 Å². The van der Waals surface area contributed by atoms with E-state index in [9.17, 15) is 24.2 Å². The van der Waals surface area contributed by atoms with Crippen molar-refractivity contribution < 1.29 is 33.0 Å². The van der Waals surface area contributed by atoms with Crippen molar-refractivity contribution in [2.24, 2.45) is 28.6 Å². The van der Waals surface area contributed by atoms with Crippen LogP contribution in [-0.4, -0.2) is 50.7 Å². The predicted molar refractivity (Wildman–Crippen MR) is 107 cm³/mol. The minimum Gasteiger partial charge on any atom is -0.390 e. The average Bonchev–Trinajstić information content (AvgIpc) is 2.88. The van der Waals surface area contributed by atoms with Crippen molar-refractivity contribution in [2.45, 2.75) is 63.6 Å². The maximum atomic E-state index is 16.9. The van der Waals surface area contributed by atoms with Gasteiger partial charge in [0.15, 0.2) is 11.5 Å². The van der Waals surface area contributed by atoms with E-state index in [1.54, 1.807) is 13.8 Å². The van der Waals surface area contributed by atoms with Crippen molar-refractivity contribution in [3.8, 4) is 0 Å². The molecular formula is C22H27F3O4S. The first kappa shape index (κ1) is 22.1. The van der Waals surface area contributed by atoms with Gasteiger partial charge in [-0.05, 0) is 55.7 Å². The first-order chi connectivity index (χ1) is 13.9. The fraction of sp³-hybridized carbons (Fsp3) is 0.727. The zero-order valence-electron chi connectivity index (χ0n) is 17.2. The summed E-state index contributed by atoms with van der Waals surface area (Å²) in [5, 5.41) is 21.9. The zero-order valence-corrected chi connectivity index (χ0v) is 18.0. The zero-order chi connectivity index (χ0) is 22.3. The fourth-order valence-corrected chi connectivity index (χ4v) is 7.89. The van der Waals surface area contributed by atoms with Crippen LogP contribution in [0.1, 0.15) is 40.0 Å². The highest BCUT2D eigenvalue weighted by atomic mass is 32.2. The lowest BCUT2D eigenvalue weighted by Crippen LogP contribution is -2.70. The molecule has 4 aliphatic carbocycles. The van der Waals surface area contributed by atoms with Crippen LogP contribution in [0.25, 0.3) is 0 Å². The second-order valence-electron chi connectivity index (χ2n) is 9.80. The Morgan fingerprint density at radius 2 is 1.97 bits per heavy atom. The summed E-state index contributed by atoms with van der Waals surface area (Å²) in [7, 11) is 0. The molecule has 8 heteroatoms. The van der Waals surface area contributed by atoms with Gasteiger partial charge in [0.25, 0.3) is 0 Å². The number of ketones is 1. The van der Waals surface area contributed by atoms with E-state index in [0.29, 0.717) is 11.8 Å². The largest absolute Gasteiger partial charge is 0.390 e. The van der Waals surface area contributed by atoms with E-state index in [1.165, 1.54) is 19.1 Å². The van der Waals surface area contributed by atoms with E-state index in [1.807, 2.05) is 0 Å². The molecular weight excluding hydrogens is 417 g/mol. The fourth-order valence-electron chi connectivity index (χ4n) is 7.13. The molecule has 0 saturated heterocycles. The highest BCUT2D eigenvalue weighted by Crippen LogP contribution is 2.71. The Morgan fingerprint density at radius 1 is 1.30 bits per heavy atom. The number of alkyl halides is 3. The van der Waals surface area contributed by atoms with Crippen LogP contribution in [0.3, 0.4) is 0 Å². The van der Waals surface area contributed by atoms with Crippen LogP contribution in [0.5, 0.6) is 0 Å². The molecule has 166 valence electrons. The normalized spacial score (nSPS) is 52.3. The number of thioether (sulfide) groups is 1. The molecule has 0 aromatic carbocycles. The summed E-state index contributed by atoms with van der Waals surface area (Å²) in [5.41, 5.74) is -6.91. The van der Waals surface area contributed by atoms with Crippen molar-refractivity contribution in [1.82, 2.24) is 0 Å². The van der Waals surface area contributed by atoms with Gasteiger partial charge >= 0.3 is 0 Å². The number of hydrogen-bond donors (Lipinski definition) is 2. The first-order valence-electron chi connectivity index (χ1n) is 10.3. The molecule has 0 aliphatic heterocycles. The Balaban J connectivity index is 1.84. The number of fused-ring (bicyclic) bond motifs is 5. The molecule has 3 saturated carbocycles. The van der Waals surface area contributed by atoms with E-state index >= 15 is 8.78 Å². The Labute approximate surface area is 178 Å². The van der Waals surface area contributed by atoms with Gasteiger partial charge in [0.05, 0.1) is 6.10 Å². The van der Waals surface area contributed by atoms with Crippen molar-refractivity contribution in [3.63, 3.8) is 0 Å². The lowest BCUT2D eigenvalue weighted by atomic mass is 9.44. The summed E-state index contributed by atoms with van der Waals surface area (Å²) < 4.78 is 45.1. The molecule has 0 heterocycles. The third kappa shape index (κ3) is 2.39. The molecule has 9 atom stereocenters. The minimum atomic E-state index is -2.26. The lowest BCUT2D eigenvalue weighted by Gasteiger charge is -2.63. The lowest BCUT2D eigenvalue weighted by molar-refractivity contribution is -0.221. The molecule has 3 fully saturated rings. The molecule has 4 rings (SSSR count). The summed E-state index contributed by atoms with van der Waals surface area (Å²) in [5.74, 6) is -2.57. The SMILES string of the molecule is C[C@@H]1CC2C3C[C@H](F)C4=CC(=O)C=C[C@]4(C)[C@@]3(F)[C@@H](O)C[C@]2(C)[C@@]1(O)C(=O)SCF. The van der Waals surface area contributed by atoms with Gasteiger partial charge in [0.2, 0.25) is 5.12 Å². The molecule has 0 bridgehead atoms. The first-order valence-corrected chi connectivity index (χ1v) is 11.3. The van der Waals surface area contributed by atoms with Crippen molar-refractivity contribution in [2.75, 3.05) is 6.01 Å². The van der Waals surface area contributed by atoms with E-state index < -0.39 is 69.0 Å². The molecule has 0 spiro atoms. The van der Waals surface area contributed by atoms with E-state index in [4.69, 9.17) is 0 Å². The molecule has 0 amide bonds. The van der Waals surface area contributed by atoms with Gasteiger partial charge in [-0.25, -0.2) is 13.2 Å². The van der Waals surface area contributed by atoms with Crippen molar-refractivity contribution >= 4 is 22.7 Å². The van der Waals surface area contributed by atoms with Gasteiger partial charge < -0.3 is 10.2 Å². The number of halogens is 3. The topological polar surface area (TPSA) is 74.6 Å². The summed E-state index contributed by atoms with van der Waals surface area (Å²) in [6, 6.07) is -0.995. The number of allylic oxidation sites excluding steroid dienone is 4. The van der Waals surface area contributed by atoms with Crippen LogP contribution in [0.4, 0.5) is 13.2 Å². The van der Waals surface area contributed by atoms with E-state index in [0.717, 1.165) is 6.08 Å². The average molecular weight is 445 g/mol. The Kier molecular flexibility index (Phi) is 4.92. The molecule has 30 heavy (non-hydrogen) atoms. The maximum Gasteiger partial charge on any atom is 0.223 e. The Hall–Kier alpha value is -1.12. The molecule has 4 aliphatic rings. The van der Waals surface area contributed by atoms with Crippen molar-refractivity contribution in [1.29, 1.82) is 0 Å². The summed E-state index contributed by atoms with van der Waals surface area (Å²) in [4.78, 5) is 24.6. The van der Waals surface area contributed by atoms with Gasteiger partial charge in [-0.3, -0.25) is 9.59 Å². The summed E-state index contributed by atoms with van der Waals surface area (Å²) in [6.45, 7) is 4.79. The summed E-state index contributed by atoms with van der Waals surface area (Å²) in [6.07, 6.45) is 0.306. The second-order valence-corrected chi connectivity index (χ2v) is 10.7. The maximum absolute atomic E-state index is 16.9. The van der Waals surface area contributed by atoms with Gasteiger partial charge in [0.1, 0.15) is 17.8 Å². The van der Waals surface area contributed by atoms with E-state index in [-0.39, 0.29) is 24.8 Å². The molecule has 0 aromatic rings. The molecule has 0 aromatic heterocycles. The van der Waals surface area contributed by atoms with Gasteiger partial charge in [-0.1, -0.05) is 31.7 Å². The monoisotopic (exact) mass is 444 g/mol. The minimum absolute atomic E-state index is 0.0294. The van der Waals surface area contributed by atoms with Crippen LogP contribution in [0.15, 0.2) is 23.8 Å². The van der Waals surface area contributed by atoms with Gasteiger partial charge in [-0.2, -0.15) is 0 Å². The second kappa shape index (κ2) is 6.69. The number of aliphatic hydroxyl groups excluding tert-OH is 1. The smallest absolute Gasteiger partial charge is 0.223 e. The van der Waals surface area contributed by atoms with E-state index in [2.05, 4.69) is 0 Å². The third-order valence-electron chi connectivity index (χ3n) is 8.71. The quantitative estimate of drug-likeness (QED) is 0.682.